The number of nitrogens with zero attached hydrogens (tertiary/aromatic N) is 1. The van der Waals surface area contributed by atoms with Crippen molar-refractivity contribution in [3.63, 3.8) is 0 Å². The Morgan fingerprint density at radius 2 is 2.04 bits per heavy atom. The lowest BCUT2D eigenvalue weighted by Crippen LogP contribution is -2.43. The van der Waals surface area contributed by atoms with Crippen molar-refractivity contribution in [2.24, 2.45) is 0 Å². The summed E-state index contributed by atoms with van der Waals surface area (Å²) >= 11 is 6.31. The summed E-state index contributed by atoms with van der Waals surface area (Å²) < 4.78 is 19.0. The molecule has 0 spiro atoms. The zero-order valence-corrected chi connectivity index (χ0v) is 16.7. The summed E-state index contributed by atoms with van der Waals surface area (Å²) in [7, 11) is 0. The Morgan fingerprint density at radius 3 is 2.68 bits per heavy atom. The van der Waals surface area contributed by atoms with Crippen LogP contribution < -0.4 is 0 Å². The zero-order chi connectivity index (χ0) is 20.3. The zero-order valence-electron chi connectivity index (χ0n) is 15.1. The van der Waals surface area contributed by atoms with E-state index in [0.29, 0.717) is 34.8 Å². The van der Waals surface area contributed by atoms with Gasteiger partial charge in [-0.05, 0) is 42.8 Å². The highest BCUT2D eigenvalue weighted by molar-refractivity contribution is 8.26. The Morgan fingerprint density at radius 1 is 1.32 bits per heavy atom. The van der Waals surface area contributed by atoms with E-state index >= 15 is 0 Å². The van der Waals surface area contributed by atoms with Crippen LogP contribution in [0.3, 0.4) is 0 Å². The molecule has 1 unspecified atom stereocenters. The maximum atomic E-state index is 13.1. The number of carboxylic acids is 1. The number of carbonyl (C=O) groups excluding carboxylic acids is 1. The van der Waals surface area contributed by atoms with Gasteiger partial charge < -0.3 is 9.52 Å². The van der Waals surface area contributed by atoms with Crippen LogP contribution in [0.1, 0.15) is 31.9 Å². The van der Waals surface area contributed by atoms with E-state index in [9.17, 15) is 19.1 Å². The molecule has 1 aliphatic heterocycles. The van der Waals surface area contributed by atoms with E-state index in [2.05, 4.69) is 0 Å². The third-order valence-electron chi connectivity index (χ3n) is 4.28. The minimum atomic E-state index is -1.07. The maximum Gasteiger partial charge on any atom is 0.326 e. The molecular formula is C20H18FNO4S2. The fourth-order valence-electron chi connectivity index (χ4n) is 2.84. The largest absolute Gasteiger partial charge is 0.480 e. The fraction of sp³-hybridized carbons (Fsp3) is 0.250. The number of carbonyl (C=O) groups is 2. The Balaban J connectivity index is 1.82. The van der Waals surface area contributed by atoms with Gasteiger partial charge in [0.15, 0.2) is 0 Å². The van der Waals surface area contributed by atoms with Crippen LogP contribution in [0.25, 0.3) is 17.4 Å². The molecule has 5 nitrogen and oxygen atoms in total. The van der Waals surface area contributed by atoms with Gasteiger partial charge in [-0.25, -0.2) is 9.18 Å². The molecule has 1 fully saturated rings. The first-order chi connectivity index (χ1) is 13.4. The minimum absolute atomic E-state index is 0.227. The van der Waals surface area contributed by atoms with E-state index in [-0.39, 0.29) is 10.1 Å². The van der Waals surface area contributed by atoms with Crippen molar-refractivity contribution in [2.75, 3.05) is 0 Å². The summed E-state index contributed by atoms with van der Waals surface area (Å²) in [5, 5.41) is 9.49. The third-order valence-corrected chi connectivity index (χ3v) is 5.61. The van der Waals surface area contributed by atoms with Crippen molar-refractivity contribution < 1.29 is 23.5 Å². The molecule has 2 heterocycles. The molecule has 146 valence electrons. The Hall–Kier alpha value is -2.45. The van der Waals surface area contributed by atoms with Gasteiger partial charge in [-0.1, -0.05) is 43.7 Å². The van der Waals surface area contributed by atoms with Crippen molar-refractivity contribution >= 4 is 46.3 Å². The fourth-order valence-corrected chi connectivity index (χ4v) is 4.17. The van der Waals surface area contributed by atoms with Crippen LogP contribution in [0.4, 0.5) is 4.39 Å². The molecule has 0 bridgehead atoms. The number of furan rings is 1. The highest BCUT2D eigenvalue weighted by Crippen LogP contribution is 2.35. The number of carboxylic acid groups (broad SMARTS) is 1. The number of benzene rings is 1. The van der Waals surface area contributed by atoms with Crippen LogP contribution in [0.2, 0.25) is 0 Å². The van der Waals surface area contributed by atoms with E-state index in [0.717, 1.165) is 18.2 Å². The number of thiocarbonyl (C=S) groups is 1. The number of hydrogen-bond donors (Lipinski definition) is 1. The first kappa shape index (κ1) is 20.3. The molecule has 1 aromatic carbocycles. The van der Waals surface area contributed by atoms with Gasteiger partial charge >= 0.3 is 5.97 Å². The second-order valence-electron chi connectivity index (χ2n) is 6.26. The molecule has 1 N–H and O–H groups in total. The van der Waals surface area contributed by atoms with Gasteiger partial charge in [-0.15, -0.1) is 0 Å². The quantitative estimate of drug-likeness (QED) is 0.507. The number of unbranched alkanes of at least 4 members (excludes halogenated alkanes) is 1. The summed E-state index contributed by atoms with van der Waals surface area (Å²) in [6, 6.07) is 8.32. The first-order valence-electron chi connectivity index (χ1n) is 8.76. The highest BCUT2D eigenvalue weighted by atomic mass is 32.2. The molecule has 1 atom stereocenters. The van der Waals surface area contributed by atoms with Crippen molar-refractivity contribution in [1.29, 1.82) is 0 Å². The van der Waals surface area contributed by atoms with Gasteiger partial charge in [0, 0.05) is 11.6 Å². The van der Waals surface area contributed by atoms with E-state index in [1.807, 2.05) is 6.92 Å². The van der Waals surface area contributed by atoms with E-state index in [4.69, 9.17) is 16.6 Å². The summed E-state index contributed by atoms with van der Waals surface area (Å²) in [6.07, 6.45) is 3.41. The van der Waals surface area contributed by atoms with Crippen LogP contribution in [0, 0.1) is 5.82 Å². The Bertz CT molecular complexity index is 936. The minimum Gasteiger partial charge on any atom is -0.480 e. The lowest BCUT2D eigenvalue weighted by atomic mass is 10.1. The number of amides is 1. The molecule has 1 aliphatic rings. The van der Waals surface area contributed by atoms with Crippen LogP contribution in [0.5, 0.6) is 0 Å². The molecular weight excluding hydrogens is 401 g/mol. The lowest BCUT2D eigenvalue weighted by Gasteiger charge is -2.22. The van der Waals surface area contributed by atoms with Gasteiger partial charge in [-0.3, -0.25) is 9.69 Å². The number of hydrogen-bond acceptors (Lipinski definition) is 5. The van der Waals surface area contributed by atoms with Crippen LogP contribution >= 0.6 is 24.0 Å². The van der Waals surface area contributed by atoms with E-state index in [1.165, 1.54) is 17.0 Å². The third kappa shape index (κ3) is 4.34. The summed E-state index contributed by atoms with van der Waals surface area (Å²) in [6.45, 7) is 1.96. The van der Waals surface area contributed by atoms with Crippen LogP contribution in [-0.4, -0.2) is 32.2 Å². The molecule has 0 radical (unpaired) electrons. The van der Waals surface area contributed by atoms with Crippen molar-refractivity contribution in [2.45, 2.75) is 32.2 Å². The standard InChI is InChI=1S/C20H18FNO4S2/c1-2-3-4-15(19(24)25)22-18(23)17(28-20(22)27)11-14-9-10-16(26-14)12-5-7-13(21)8-6-12/h5-11,15H,2-4H2,1H3,(H,24,25). The van der Waals surface area contributed by atoms with Crippen molar-refractivity contribution in [1.82, 2.24) is 4.90 Å². The number of rotatable bonds is 7. The van der Waals surface area contributed by atoms with Crippen LogP contribution in [-0.2, 0) is 9.59 Å². The van der Waals surface area contributed by atoms with Gasteiger partial charge in [0.05, 0.1) is 4.91 Å². The predicted molar refractivity (Wildman–Crippen MR) is 110 cm³/mol. The topological polar surface area (TPSA) is 70.8 Å². The lowest BCUT2D eigenvalue weighted by molar-refractivity contribution is -0.145. The number of aliphatic carboxylic acids is 1. The monoisotopic (exact) mass is 419 g/mol. The van der Waals surface area contributed by atoms with E-state index < -0.39 is 17.9 Å². The average Bonchev–Trinajstić information content (AvgIpc) is 3.22. The van der Waals surface area contributed by atoms with Gasteiger partial charge in [0.1, 0.15) is 27.7 Å². The maximum absolute atomic E-state index is 13.1. The summed E-state index contributed by atoms with van der Waals surface area (Å²) in [5.74, 6) is -0.871. The Kier molecular flexibility index (Phi) is 6.31. The van der Waals surface area contributed by atoms with Crippen molar-refractivity contribution in [3.05, 3.63) is 52.9 Å². The van der Waals surface area contributed by atoms with Gasteiger partial charge in [-0.2, -0.15) is 0 Å². The smallest absolute Gasteiger partial charge is 0.326 e. The summed E-state index contributed by atoms with van der Waals surface area (Å²) in [4.78, 5) is 25.8. The normalized spacial score (nSPS) is 16.8. The second kappa shape index (κ2) is 8.70. The SMILES string of the molecule is CCCCC(C(=O)O)N1C(=O)C(=Cc2ccc(-c3ccc(F)cc3)o2)SC1=S. The average molecular weight is 419 g/mol. The highest BCUT2D eigenvalue weighted by Gasteiger charge is 2.40. The van der Waals surface area contributed by atoms with Crippen molar-refractivity contribution in [3.8, 4) is 11.3 Å². The molecule has 0 aliphatic carbocycles. The molecule has 1 aromatic heterocycles. The molecule has 2 aromatic rings. The number of thioether (sulfide) groups is 1. The van der Waals surface area contributed by atoms with E-state index in [1.54, 1.807) is 30.3 Å². The van der Waals surface area contributed by atoms with Gasteiger partial charge in [0.2, 0.25) is 0 Å². The Labute approximate surface area is 171 Å². The second-order valence-corrected chi connectivity index (χ2v) is 7.93. The van der Waals surface area contributed by atoms with Gasteiger partial charge in [0.25, 0.3) is 5.91 Å². The predicted octanol–water partition coefficient (Wildman–Crippen LogP) is 4.93. The van der Waals surface area contributed by atoms with Crippen LogP contribution in [0.15, 0.2) is 45.7 Å². The molecule has 28 heavy (non-hydrogen) atoms. The number of halogens is 1. The molecule has 1 saturated heterocycles. The molecule has 8 heteroatoms. The molecule has 0 saturated carbocycles. The molecule has 1 amide bonds. The first-order valence-corrected chi connectivity index (χ1v) is 9.99. The molecule has 3 rings (SSSR count). The summed E-state index contributed by atoms with van der Waals surface area (Å²) in [5.41, 5.74) is 0.708.